The maximum atomic E-state index is 9.60. The molecular weight excluding hydrogens is 244 g/mol. The van der Waals surface area contributed by atoms with E-state index in [2.05, 4.69) is 6.92 Å². The van der Waals surface area contributed by atoms with Crippen LogP contribution in [0.3, 0.4) is 0 Å². The van der Waals surface area contributed by atoms with Gasteiger partial charge in [0.1, 0.15) is 0 Å². The summed E-state index contributed by atoms with van der Waals surface area (Å²) in [6.07, 6.45) is 0.925. The monoisotopic (exact) mass is 266 g/mol. The van der Waals surface area contributed by atoms with Crippen LogP contribution < -0.4 is 9.47 Å². The molecule has 1 heterocycles. The standard InChI is InChI=1S/C15H22O4/c1-4-11(8-16)15(9-19-10-15)12-5-6-13(17-2)14(7-12)18-3/h5-7,11,16H,4,8-10H2,1-3H3. The van der Waals surface area contributed by atoms with Crippen LogP contribution in [0.1, 0.15) is 18.9 Å². The van der Waals surface area contributed by atoms with Crippen molar-refractivity contribution in [2.45, 2.75) is 18.8 Å². The van der Waals surface area contributed by atoms with Crippen molar-refractivity contribution in [1.82, 2.24) is 0 Å². The minimum atomic E-state index is -0.0942. The molecule has 4 heteroatoms. The van der Waals surface area contributed by atoms with Gasteiger partial charge in [0.2, 0.25) is 0 Å². The largest absolute Gasteiger partial charge is 0.493 e. The first kappa shape index (κ1) is 14.2. The smallest absolute Gasteiger partial charge is 0.161 e. The van der Waals surface area contributed by atoms with E-state index < -0.39 is 0 Å². The summed E-state index contributed by atoms with van der Waals surface area (Å²) in [5, 5.41) is 9.60. The molecule has 1 saturated heterocycles. The Labute approximate surface area is 114 Å². The highest BCUT2D eigenvalue weighted by Gasteiger charge is 2.46. The van der Waals surface area contributed by atoms with Crippen LogP contribution in [0.25, 0.3) is 0 Å². The fraction of sp³-hybridized carbons (Fsp3) is 0.600. The molecule has 0 bridgehead atoms. The summed E-state index contributed by atoms with van der Waals surface area (Å²) in [5.74, 6) is 1.65. The van der Waals surface area contributed by atoms with E-state index in [-0.39, 0.29) is 17.9 Å². The number of methoxy groups -OCH3 is 2. The van der Waals surface area contributed by atoms with Crippen LogP contribution >= 0.6 is 0 Å². The molecule has 1 atom stereocenters. The Morgan fingerprint density at radius 2 is 1.95 bits per heavy atom. The van der Waals surface area contributed by atoms with Gasteiger partial charge in [-0.1, -0.05) is 19.4 Å². The van der Waals surface area contributed by atoms with Crippen molar-refractivity contribution in [3.05, 3.63) is 23.8 Å². The zero-order valence-corrected chi connectivity index (χ0v) is 11.8. The summed E-state index contributed by atoms with van der Waals surface area (Å²) in [5.41, 5.74) is 1.06. The Hall–Kier alpha value is -1.26. The summed E-state index contributed by atoms with van der Waals surface area (Å²) in [6.45, 7) is 3.58. The molecule has 0 aliphatic carbocycles. The van der Waals surface area contributed by atoms with Gasteiger partial charge in [-0.05, 0) is 23.6 Å². The van der Waals surface area contributed by atoms with E-state index in [0.717, 1.165) is 23.5 Å². The van der Waals surface area contributed by atoms with Crippen LogP contribution in [0.4, 0.5) is 0 Å². The van der Waals surface area contributed by atoms with Crippen molar-refractivity contribution in [3.63, 3.8) is 0 Å². The second kappa shape index (κ2) is 5.80. The summed E-state index contributed by atoms with van der Waals surface area (Å²) in [6, 6.07) is 5.96. The fourth-order valence-electron chi connectivity index (χ4n) is 2.80. The van der Waals surface area contributed by atoms with Crippen LogP contribution in [-0.4, -0.2) is 39.1 Å². The highest BCUT2D eigenvalue weighted by atomic mass is 16.5. The molecule has 1 aromatic rings. The summed E-state index contributed by atoms with van der Waals surface area (Å²) in [4.78, 5) is 0. The second-order valence-corrected chi connectivity index (χ2v) is 5.01. The van der Waals surface area contributed by atoms with E-state index >= 15 is 0 Å². The van der Waals surface area contributed by atoms with Gasteiger partial charge in [0.05, 0.1) is 27.4 Å². The van der Waals surface area contributed by atoms with Gasteiger partial charge in [-0.25, -0.2) is 0 Å². The van der Waals surface area contributed by atoms with Crippen LogP contribution in [-0.2, 0) is 10.2 Å². The molecule has 1 aliphatic rings. The first-order valence-electron chi connectivity index (χ1n) is 6.63. The average Bonchev–Trinajstić information content (AvgIpc) is 2.41. The summed E-state index contributed by atoms with van der Waals surface area (Å²) >= 11 is 0. The lowest BCUT2D eigenvalue weighted by Crippen LogP contribution is -2.53. The van der Waals surface area contributed by atoms with E-state index in [1.54, 1.807) is 14.2 Å². The summed E-state index contributed by atoms with van der Waals surface area (Å²) in [7, 11) is 3.26. The van der Waals surface area contributed by atoms with Crippen LogP contribution in [0.2, 0.25) is 0 Å². The molecule has 1 N–H and O–H groups in total. The van der Waals surface area contributed by atoms with Gasteiger partial charge in [0, 0.05) is 12.0 Å². The summed E-state index contributed by atoms with van der Waals surface area (Å²) < 4.78 is 16.0. The van der Waals surface area contributed by atoms with Crippen LogP contribution in [0, 0.1) is 5.92 Å². The van der Waals surface area contributed by atoms with Crippen molar-refractivity contribution >= 4 is 0 Å². The number of ether oxygens (including phenoxy) is 3. The number of rotatable bonds is 6. The molecule has 0 radical (unpaired) electrons. The van der Waals surface area contributed by atoms with E-state index in [9.17, 15) is 5.11 Å². The zero-order valence-electron chi connectivity index (χ0n) is 11.8. The topological polar surface area (TPSA) is 47.9 Å². The SMILES string of the molecule is CCC(CO)C1(c2ccc(OC)c(OC)c2)COC1. The Balaban J connectivity index is 2.38. The number of hydrogen-bond donors (Lipinski definition) is 1. The molecule has 2 rings (SSSR count). The maximum Gasteiger partial charge on any atom is 0.161 e. The molecule has 0 amide bonds. The molecule has 1 fully saturated rings. The van der Waals surface area contributed by atoms with Gasteiger partial charge in [-0.2, -0.15) is 0 Å². The first-order chi connectivity index (χ1) is 9.21. The van der Waals surface area contributed by atoms with Crippen molar-refractivity contribution < 1.29 is 19.3 Å². The molecule has 1 aliphatic heterocycles. The Morgan fingerprint density at radius 1 is 1.26 bits per heavy atom. The predicted molar refractivity (Wildman–Crippen MR) is 72.9 cm³/mol. The molecule has 4 nitrogen and oxygen atoms in total. The Bertz CT molecular complexity index is 422. The zero-order chi connectivity index (χ0) is 13.9. The normalized spacial score (nSPS) is 18.5. The Morgan fingerprint density at radius 3 is 2.37 bits per heavy atom. The van der Waals surface area contributed by atoms with Gasteiger partial charge >= 0.3 is 0 Å². The molecule has 106 valence electrons. The predicted octanol–water partition coefficient (Wildman–Crippen LogP) is 1.99. The maximum absolute atomic E-state index is 9.60. The first-order valence-corrected chi connectivity index (χ1v) is 6.63. The quantitative estimate of drug-likeness (QED) is 0.855. The molecular formula is C15H22O4. The highest BCUT2D eigenvalue weighted by Crippen LogP contribution is 2.43. The van der Waals surface area contributed by atoms with Gasteiger partial charge in [-0.3, -0.25) is 0 Å². The van der Waals surface area contributed by atoms with E-state index in [4.69, 9.17) is 14.2 Å². The van der Waals surface area contributed by atoms with E-state index in [1.165, 1.54) is 0 Å². The third-order valence-corrected chi connectivity index (χ3v) is 4.17. The lowest BCUT2D eigenvalue weighted by Gasteiger charge is -2.47. The lowest BCUT2D eigenvalue weighted by molar-refractivity contribution is -0.101. The van der Waals surface area contributed by atoms with Gasteiger partial charge in [-0.15, -0.1) is 0 Å². The molecule has 1 aromatic carbocycles. The molecule has 1 unspecified atom stereocenters. The number of hydrogen-bond acceptors (Lipinski definition) is 4. The number of aliphatic hydroxyl groups excluding tert-OH is 1. The fourth-order valence-corrected chi connectivity index (χ4v) is 2.80. The van der Waals surface area contributed by atoms with Crippen molar-refractivity contribution in [1.29, 1.82) is 0 Å². The minimum absolute atomic E-state index is 0.0942. The molecule has 0 aromatic heterocycles. The Kier molecular flexibility index (Phi) is 4.32. The van der Waals surface area contributed by atoms with Crippen LogP contribution in [0.15, 0.2) is 18.2 Å². The lowest BCUT2D eigenvalue weighted by atomic mass is 9.68. The number of aliphatic hydroxyl groups is 1. The molecule has 0 saturated carbocycles. The second-order valence-electron chi connectivity index (χ2n) is 5.01. The third-order valence-electron chi connectivity index (χ3n) is 4.17. The van der Waals surface area contributed by atoms with E-state index in [0.29, 0.717) is 13.2 Å². The highest BCUT2D eigenvalue weighted by molar-refractivity contribution is 5.46. The van der Waals surface area contributed by atoms with Crippen molar-refractivity contribution in [2.75, 3.05) is 34.0 Å². The van der Waals surface area contributed by atoms with Gasteiger partial charge in [0.25, 0.3) is 0 Å². The van der Waals surface area contributed by atoms with Gasteiger partial charge in [0.15, 0.2) is 11.5 Å². The van der Waals surface area contributed by atoms with Gasteiger partial charge < -0.3 is 19.3 Å². The third kappa shape index (κ3) is 2.30. The molecule has 0 spiro atoms. The average molecular weight is 266 g/mol. The van der Waals surface area contributed by atoms with E-state index in [1.807, 2.05) is 18.2 Å². The van der Waals surface area contributed by atoms with Crippen LogP contribution in [0.5, 0.6) is 11.5 Å². The molecule has 19 heavy (non-hydrogen) atoms. The van der Waals surface area contributed by atoms with Crippen molar-refractivity contribution in [3.8, 4) is 11.5 Å². The minimum Gasteiger partial charge on any atom is -0.493 e. The number of benzene rings is 1. The van der Waals surface area contributed by atoms with Crippen molar-refractivity contribution in [2.24, 2.45) is 5.92 Å².